The molecule has 34 heavy (non-hydrogen) atoms. The number of likely N-dealkylation sites (tertiary alicyclic amines) is 1. The van der Waals surface area contributed by atoms with Crippen molar-refractivity contribution < 1.29 is 28.9 Å². The zero-order valence-electron chi connectivity index (χ0n) is 19.9. The third kappa shape index (κ3) is 4.76. The maximum absolute atomic E-state index is 13.6. The van der Waals surface area contributed by atoms with E-state index < -0.39 is 5.54 Å². The van der Waals surface area contributed by atoms with E-state index in [1.807, 2.05) is 24.3 Å². The molecule has 0 saturated carbocycles. The molecule has 3 heterocycles. The lowest BCUT2D eigenvalue weighted by molar-refractivity contribution is -0.135. The van der Waals surface area contributed by atoms with Crippen molar-refractivity contribution in [2.24, 2.45) is 0 Å². The van der Waals surface area contributed by atoms with Gasteiger partial charge in [-0.2, -0.15) is 0 Å². The fourth-order valence-corrected chi connectivity index (χ4v) is 4.96. The maximum Gasteiger partial charge on any atom is 0.327 e. The van der Waals surface area contributed by atoms with Gasteiger partial charge >= 0.3 is 6.03 Å². The van der Waals surface area contributed by atoms with E-state index in [-0.39, 0.29) is 25.1 Å². The topological polar surface area (TPSA) is 91.8 Å². The molecule has 3 amide bonds. The van der Waals surface area contributed by atoms with Gasteiger partial charge in [0, 0.05) is 38.9 Å². The zero-order valence-corrected chi connectivity index (χ0v) is 19.9. The number of ether oxygens (including phenoxy) is 3. The molecule has 3 aliphatic rings. The van der Waals surface area contributed by atoms with Crippen LogP contribution in [0, 0.1) is 0 Å². The highest BCUT2D eigenvalue weighted by molar-refractivity contribution is 6.07. The maximum atomic E-state index is 13.6. The molecule has 0 aromatic heterocycles. The Balaban J connectivity index is 1.49. The quantitative estimate of drug-likeness (QED) is 0.552. The molecule has 2 saturated heterocycles. The first-order chi connectivity index (χ1) is 16.5. The molecule has 0 radical (unpaired) electrons. The minimum Gasteiger partial charge on any atom is -0.497 e. The van der Waals surface area contributed by atoms with Gasteiger partial charge in [0.2, 0.25) is 0 Å². The van der Waals surface area contributed by atoms with Crippen molar-refractivity contribution in [2.75, 3.05) is 53.6 Å². The molecule has 3 aliphatic heterocycles. The first kappa shape index (κ1) is 24.1. The van der Waals surface area contributed by atoms with E-state index >= 15 is 0 Å². The van der Waals surface area contributed by atoms with Crippen molar-refractivity contribution in [3.05, 3.63) is 47.7 Å². The summed E-state index contributed by atoms with van der Waals surface area (Å²) in [5.41, 5.74) is 1.10. The third-order valence-electron chi connectivity index (χ3n) is 6.82. The number of aliphatic hydroxyl groups excluding tert-OH is 1. The predicted octanol–water partition coefficient (Wildman–Crippen LogP) is 2.16. The molecular formula is C25H33N3O6. The van der Waals surface area contributed by atoms with Gasteiger partial charge in [-0.05, 0) is 54.7 Å². The monoisotopic (exact) mass is 471 g/mol. The van der Waals surface area contributed by atoms with E-state index in [9.17, 15) is 14.7 Å². The Kier molecular flexibility index (Phi) is 7.43. The second kappa shape index (κ2) is 10.5. The van der Waals surface area contributed by atoms with Crippen molar-refractivity contribution in [3.63, 3.8) is 0 Å². The molecule has 9 nitrogen and oxygen atoms in total. The fourth-order valence-electron chi connectivity index (χ4n) is 4.96. The normalized spacial score (nSPS) is 20.0. The standard InChI is InChI=1S/C25H33N3O6/c1-32-21-14-20(15-22(16-21)33-2)17-26-9-6-25(7-10-26)23(30)27(18-19-4-12-34-13-5-19)24(31)28(25)8-3-11-29/h4-5,12,14-16,29H,3,6-11,13,17-18H2,1-2H3. The van der Waals surface area contributed by atoms with E-state index in [1.54, 1.807) is 31.5 Å². The number of aliphatic hydroxyl groups is 1. The first-order valence-corrected chi connectivity index (χ1v) is 11.7. The number of methoxy groups -OCH3 is 2. The average Bonchev–Trinajstić information content (AvgIpc) is 3.05. The number of amides is 3. The van der Waals surface area contributed by atoms with Crippen LogP contribution in [0.3, 0.4) is 0 Å². The fraction of sp³-hybridized carbons (Fsp3) is 0.520. The number of benzene rings is 1. The van der Waals surface area contributed by atoms with Crippen LogP contribution in [0.1, 0.15) is 24.8 Å². The number of hydrogen-bond acceptors (Lipinski definition) is 7. The number of carbonyl (C=O) groups is 2. The Hall–Kier alpha value is -3.04. The minimum atomic E-state index is -0.857. The molecule has 9 heteroatoms. The molecule has 1 spiro atoms. The highest BCUT2D eigenvalue weighted by atomic mass is 16.5. The summed E-state index contributed by atoms with van der Waals surface area (Å²) in [5.74, 6) is 1.34. The Morgan fingerprint density at radius 3 is 2.35 bits per heavy atom. The van der Waals surface area contributed by atoms with Gasteiger partial charge in [-0.15, -0.1) is 0 Å². The number of nitrogens with zero attached hydrogens (tertiary/aromatic N) is 3. The van der Waals surface area contributed by atoms with Gasteiger partial charge in [0.1, 0.15) is 23.6 Å². The Bertz CT molecular complexity index is 945. The summed E-state index contributed by atoms with van der Waals surface area (Å²) in [4.78, 5) is 32.3. The largest absolute Gasteiger partial charge is 0.497 e. The van der Waals surface area contributed by atoms with Crippen LogP contribution in [0.5, 0.6) is 11.5 Å². The number of imide groups is 1. The molecule has 1 aromatic carbocycles. The van der Waals surface area contributed by atoms with Crippen molar-refractivity contribution in [1.29, 1.82) is 0 Å². The SMILES string of the molecule is COc1cc(CN2CCC3(CC2)C(=O)N(CC2=CCOC=C2)C(=O)N3CCCO)cc(OC)c1. The van der Waals surface area contributed by atoms with E-state index in [2.05, 4.69) is 4.90 Å². The third-order valence-corrected chi connectivity index (χ3v) is 6.82. The molecule has 2 fully saturated rings. The van der Waals surface area contributed by atoms with E-state index in [4.69, 9.17) is 14.2 Å². The predicted molar refractivity (Wildman–Crippen MR) is 125 cm³/mol. The number of hydrogen-bond donors (Lipinski definition) is 1. The number of urea groups is 1. The summed E-state index contributed by atoms with van der Waals surface area (Å²) in [5, 5.41) is 9.39. The molecule has 0 bridgehead atoms. The summed E-state index contributed by atoms with van der Waals surface area (Å²) >= 11 is 0. The van der Waals surface area contributed by atoms with Crippen LogP contribution < -0.4 is 9.47 Å². The lowest BCUT2D eigenvalue weighted by Crippen LogP contribution is -2.56. The molecule has 0 atom stereocenters. The molecule has 1 N–H and O–H groups in total. The Morgan fingerprint density at radius 2 is 1.76 bits per heavy atom. The summed E-state index contributed by atoms with van der Waals surface area (Å²) < 4.78 is 16.0. The van der Waals surface area contributed by atoms with Crippen LogP contribution in [0.2, 0.25) is 0 Å². The molecule has 0 unspecified atom stereocenters. The van der Waals surface area contributed by atoms with Crippen molar-refractivity contribution in [3.8, 4) is 11.5 Å². The van der Waals surface area contributed by atoms with Gasteiger partial charge in [0.05, 0.1) is 27.0 Å². The van der Waals surface area contributed by atoms with Gasteiger partial charge in [-0.3, -0.25) is 14.6 Å². The number of piperidine rings is 1. The van der Waals surface area contributed by atoms with Gasteiger partial charge in [0.15, 0.2) is 0 Å². The highest BCUT2D eigenvalue weighted by Gasteiger charge is 2.57. The van der Waals surface area contributed by atoms with Crippen LogP contribution >= 0.6 is 0 Å². The van der Waals surface area contributed by atoms with E-state index in [0.29, 0.717) is 52.0 Å². The molecular weight excluding hydrogens is 438 g/mol. The molecule has 0 aliphatic carbocycles. The molecule has 1 aromatic rings. The lowest BCUT2D eigenvalue weighted by atomic mass is 9.85. The van der Waals surface area contributed by atoms with Crippen molar-refractivity contribution in [2.45, 2.75) is 31.3 Å². The molecule has 4 rings (SSSR count). The van der Waals surface area contributed by atoms with Gasteiger partial charge in [0.25, 0.3) is 5.91 Å². The summed E-state index contributed by atoms with van der Waals surface area (Å²) in [6.07, 6.45) is 6.81. The van der Waals surface area contributed by atoms with E-state index in [0.717, 1.165) is 22.6 Å². The van der Waals surface area contributed by atoms with Crippen LogP contribution in [0.4, 0.5) is 4.79 Å². The summed E-state index contributed by atoms with van der Waals surface area (Å²) in [7, 11) is 3.26. The lowest BCUT2D eigenvalue weighted by Gasteiger charge is -2.42. The number of carbonyl (C=O) groups excluding carboxylic acids is 2. The van der Waals surface area contributed by atoms with Crippen LogP contribution in [0.15, 0.2) is 42.2 Å². The van der Waals surface area contributed by atoms with Gasteiger partial charge in [-0.1, -0.05) is 0 Å². The first-order valence-electron chi connectivity index (χ1n) is 11.7. The van der Waals surface area contributed by atoms with Crippen LogP contribution in [-0.4, -0.2) is 90.9 Å². The zero-order chi connectivity index (χ0) is 24.1. The van der Waals surface area contributed by atoms with Crippen molar-refractivity contribution in [1.82, 2.24) is 14.7 Å². The summed E-state index contributed by atoms with van der Waals surface area (Å²) in [6, 6.07) is 5.54. The minimum absolute atomic E-state index is 0.0247. The Morgan fingerprint density at radius 1 is 1.06 bits per heavy atom. The second-order valence-electron chi connectivity index (χ2n) is 8.85. The molecule has 184 valence electrons. The van der Waals surface area contributed by atoms with Crippen molar-refractivity contribution >= 4 is 11.9 Å². The smallest absolute Gasteiger partial charge is 0.327 e. The second-order valence-corrected chi connectivity index (χ2v) is 8.85. The Labute approximate surface area is 200 Å². The summed E-state index contributed by atoms with van der Waals surface area (Å²) in [6.45, 7) is 3.07. The average molecular weight is 472 g/mol. The van der Waals surface area contributed by atoms with E-state index in [1.165, 1.54) is 4.90 Å². The highest BCUT2D eigenvalue weighted by Crippen LogP contribution is 2.38. The number of rotatable bonds is 9. The van der Waals surface area contributed by atoms with Gasteiger partial charge < -0.3 is 24.2 Å². The van der Waals surface area contributed by atoms with Crippen LogP contribution in [0.25, 0.3) is 0 Å². The van der Waals surface area contributed by atoms with Gasteiger partial charge in [-0.25, -0.2) is 4.79 Å². The van der Waals surface area contributed by atoms with Crippen LogP contribution in [-0.2, 0) is 16.1 Å².